The quantitative estimate of drug-likeness (QED) is 0.488. The van der Waals surface area contributed by atoms with Gasteiger partial charge in [-0.3, -0.25) is 5.43 Å². The number of anilines is 1. The van der Waals surface area contributed by atoms with Crippen molar-refractivity contribution in [1.29, 1.82) is 5.26 Å². The number of thiocarbonyl (C=S) groups is 1. The maximum atomic E-state index is 8.40. The molecule has 0 aromatic heterocycles. The van der Waals surface area contributed by atoms with Gasteiger partial charge in [0.05, 0.1) is 6.21 Å². The molecule has 0 atom stereocenters. The minimum atomic E-state index is 0.0566. The molecule has 0 amide bonds. The minimum absolute atomic E-state index is 0.0566. The smallest absolute Gasteiger partial charge is 0.198 e. The summed E-state index contributed by atoms with van der Waals surface area (Å²) in [4.78, 5) is 2.07. The summed E-state index contributed by atoms with van der Waals surface area (Å²) in [6.45, 7) is 0. The van der Waals surface area contributed by atoms with Crippen molar-refractivity contribution in [3.63, 3.8) is 0 Å². The van der Waals surface area contributed by atoms with Crippen molar-refractivity contribution in [2.75, 3.05) is 19.0 Å². The fraction of sp³-hybridized carbons (Fsp3) is 0.182. The van der Waals surface area contributed by atoms with Gasteiger partial charge in [0.25, 0.3) is 0 Å². The van der Waals surface area contributed by atoms with E-state index >= 15 is 0 Å². The van der Waals surface area contributed by atoms with Gasteiger partial charge in [-0.1, -0.05) is 12.1 Å². The van der Waals surface area contributed by atoms with Gasteiger partial charge >= 0.3 is 0 Å². The summed E-state index contributed by atoms with van der Waals surface area (Å²) < 4.78 is 0. The summed E-state index contributed by atoms with van der Waals surface area (Å²) in [5.41, 5.74) is 4.51. The molecule has 0 fully saturated rings. The van der Waals surface area contributed by atoms with Crippen LogP contribution in [-0.4, -0.2) is 25.3 Å². The van der Waals surface area contributed by atoms with Gasteiger partial charge in [-0.15, -0.1) is 0 Å². The van der Waals surface area contributed by atoms with Crippen LogP contribution in [0.3, 0.4) is 0 Å². The van der Waals surface area contributed by atoms with Crippen LogP contribution in [-0.2, 0) is 0 Å². The maximum Gasteiger partial charge on any atom is 0.198 e. The van der Waals surface area contributed by atoms with E-state index in [1.54, 1.807) is 12.3 Å². The van der Waals surface area contributed by atoms with Crippen LogP contribution in [0.4, 0.5) is 5.69 Å². The Morgan fingerprint density at radius 1 is 1.44 bits per heavy atom. The van der Waals surface area contributed by atoms with Crippen molar-refractivity contribution in [2.45, 2.75) is 0 Å². The van der Waals surface area contributed by atoms with Crippen molar-refractivity contribution in [1.82, 2.24) is 5.43 Å². The number of benzene rings is 1. The highest BCUT2D eigenvalue weighted by molar-refractivity contribution is 7.80. The van der Waals surface area contributed by atoms with Gasteiger partial charge in [-0.25, -0.2) is 0 Å². The third-order valence-electron chi connectivity index (χ3n) is 1.89. The molecule has 4 nitrogen and oxygen atoms in total. The maximum absolute atomic E-state index is 8.40. The molecule has 0 bridgehead atoms. The lowest BCUT2D eigenvalue weighted by molar-refractivity contribution is 1.06. The van der Waals surface area contributed by atoms with Crippen LogP contribution in [0, 0.1) is 11.3 Å². The second-order valence-corrected chi connectivity index (χ2v) is 3.71. The Labute approximate surface area is 100 Å². The fourth-order valence-corrected chi connectivity index (χ4v) is 1.10. The monoisotopic (exact) mass is 232 g/mol. The predicted molar refractivity (Wildman–Crippen MR) is 69.7 cm³/mol. The lowest BCUT2D eigenvalue weighted by Crippen LogP contribution is -2.12. The van der Waals surface area contributed by atoms with Gasteiger partial charge in [-0.2, -0.15) is 10.4 Å². The van der Waals surface area contributed by atoms with Crippen LogP contribution in [0.2, 0.25) is 0 Å². The Morgan fingerprint density at radius 3 is 2.56 bits per heavy atom. The molecule has 0 saturated heterocycles. The molecule has 0 spiro atoms. The summed E-state index contributed by atoms with van der Waals surface area (Å²) in [5.74, 6) is 0. The topological polar surface area (TPSA) is 51.4 Å². The lowest BCUT2D eigenvalue weighted by atomic mass is 10.2. The zero-order valence-electron chi connectivity index (χ0n) is 9.14. The molecule has 1 aromatic carbocycles. The van der Waals surface area contributed by atoms with Crippen LogP contribution in [0.25, 0.3) is 0 Å². The zero-order chi connectivity index (χ0) is 12.0. The Morgan fingerprint density at radius 2 is 2.06 bits per heavy atom. The van der Waals surface area contributed by atoms with Crippen molar-refractivity contribution in [3.05, 3.63) is 29.8 Å². The van der Waals surface area contributed by atoms with Crippen molar-refractivity contribution in [2.24, 2.45) is 5.10 Å². The van der Waals surface area contributed by atoms with Crippen LogP contribution in [0.15, 0.2) is 29.4 Å². The van der Waals surface area contributed by atoms with Crippen molar-refractivity contribution in [3.8, 4) is 6.07 Å². The first-order valence-electron chi connectivity index (χ1n) is 4.64. The summed E-state index contributed by atoms with van der Waals surface area (Å²) in [5, 5.41) is 12.2. The highest BCUT2D eigenvalue weighted by Crippen LogP contribution is 2.10. The zero-order valence-corrected chi connectivity index (χ0v) is 9.95. The van der Waals surface area contributed by atoms with Gasteiger partial charge < -0.3 is 4.90 Å². The van der Waals surface area contributed by atoms with E-state index in [2.05, 4.69) is 22.7 Å². The molecule has 16 heavy (non-hydrogen) atoms. The minimum Gasteiger partial charge on any atom is -0.378 e. The van der Waals surface area contributed by atoms with E-state index in [1.165, 1.54) is 0 Å². The van der Waals surface area contributed by atoms with E-state index in [-0.39, 0.29) is 4.99 Å². The van der Waals surface area contributed by atoms with Gasteiger partial charge in [0.1, 0.15) is 6.07 Å². The van der Waals surface area contributed by atoms with Gasteiger partial charge in [0.15, 0.2) is 4.99 Å². The molecule has 0 aliphatic rings. The van der Waals surface area contributed by atoms with Crippen LogP contribution >= 0.6 is 12.2 Å². The number of nitriles is 1. The number of hydrazone groups is 1. The first kappa shape index (κ1) is 12.1. The molecule has 0 unspecified atom stereocenters. The molecule has 0 aliphatic heterocycles. The molecule has 1 aromatic rings. The molecular weight excluding hydrogens is 220 g/mol. The SMILES string of the molecule is CN(C)c1ccc(/C=N\NC(=S)C#N)cc1. The van der Waals surface area contributed by atoms with Crippen LogP contribution in [0.1, 0.15) is 5.56 Å². The molecule has 0 aliphatic carbocycles. The van der Waals surface area contributed by atoms with Crippen LogP contribution in [0.5, 0.6) is 0 Å². The molecule has 1 rings (SSSR count). The molecule has 0 saturated carbocycles. The fourth-order valence-electron chi connectivity index (χ4n) is 1.05. The molecule has 0 heterocycles. The van der Waals surface area contributed by atoms with Crippen LogP contribution < -0.4 is 10.3 Å². The third kappa shape index (κ3) is 3.67. The average molecular weight is 232 g/mol. The second-order valence-electron chi connectivity index (χ2n) is 3.30. The number of rotatable bonds is 3. The largest absolute Gasteiger partial charge is 0.378 e. The Bertz CT molecular complexity index is 428. The van der Waals surface area contributed by atoms with E-state index in [1.807, 2.05) is 43.3 Å². The molecular formula is C11H12N4S. The highest BCUT2D eigenvalue weighted by atomic mass is 32.1. The molecule has 5 heteroatoms. The molecule has 82 valence electrons. The van der Waals surface area contributed by atoms with E-state index in [4.69, 9.17) is 5.26 Å². The van der Waals surface area contributed by atoms with Gasteiger partial charge in [0.2, 0.25) is 0 Å². The van der Waals surface area contributed by atoms with E-state index in [0.29, 0.717) is 0 Å². The third-order valence-corrected chi connectivity index (χ3v) is 2.07. The molecule has 0 radical (unpaired) electrons. The summed E-state index contributed by atoms with van der Waals surface area (Å²) in [7, 11) is 3.96. The van der Waals surface area contributed by atoms with Gasteiger partial charge in [0, 0.05) is 19.8 Å². The second kappa shape index (κ2) is 5.83. The summed E-state index contributed by atoms with van der Waals surface area (Å²) in [6.07, 6.45) is 1.61. The Balaban J connectivity index is 2.62. The number of nitrogens with zero attached hydrogens (tertiary/aromatic N) is 3. The van der Waals surface area contributed by atoms with Gasteiger partial charge in [-0.05, 0) is 29.9 Å². The van der Waals surface area contributed by atoms with E-state index in [0.717, 1.165) is 11.3 Å². The van der Waals surface area contributed by atoms with E-state index in [9.17, 15) is 0 Å². The first-order valence-corrected chi connectivity index (χ1v) is 5.05. The summed E-state index contributed by atoms with van der Waals surface area (Å²) >= 11 is 4.63. The van der Waals surface area contributed by atoms with E-state index < -0.39 is 0 Å². The average Bonchev–Trinajstić information content (AvgIpc) is 2.29. The first-order chi connectivity index (χ1) is 7.63. The summed E-state index contributed by atoms with van der Waals surface area (Å²) in [6, 6.07) is 9.64. The Hall–Kier alpha value is -1.93. The predicted octanol–water partition coefficient (Wildman–Crippen LogP) is 1.53. The number of nitrogens with one attached hydrogen (secondary N) is 1. The number of hydrogen-bond acceptors (Lipinski definition) is 4. The van der Waals surface area contributed by atoms with Crippen molar-refractivity contribution < 1.29 is 0 Å². The van der Waals surface area contributed by atoms with Crippen molar-refractivity contribution >= 4 is 29.1 Å². The Kier molecular flexibility index (Phi) is 4.42. The standard InChI is InChI=1S/C11H12N4S/c1-15(2)10-5-3-9(4-6-10)8-13-14-11(16)7-12/h3-6,8H,1-2H3,(H,14,16)/b13-8-. The number of hydrogen-bond donors (Lipinski definition) is 1. The highest BCUT2D eigenvalue weighted by Gasteiger charge is 1.94. The lowest BCUT2D eigenvalue weighted by Gasteiger charge is -2.11. The molecule has 1 N–H and O–H groups in total. The normalized spacial score (nSPS) is 9.81.